The molecule has 0 unspecified atom stereocenters. The molecule has 0 radical (unpaired) electrons. The van der Waals surface area contributed by atoms with Crippen LogP contribution in [0.4, 0.5) is 5.69 Å². The van der Waals surface area contributed by atoms with Gasteiger partial charge in [0.15, 0.2) is 0 Å². The minimum Gasteiger partial charge on any atom is -0.508 e. The quantitative estimate of drug-likeness (QED) is 0.709. The van der Waals surface area contributed by atoms with Gasteiger partial charge in [0, 0.05) is 11.4 Å². The lowest BCUT2D eigenvalue weighted by Crippen LogP contribution is -2.07. The van der Waals surface area contributed by atoms with Gasteiger partial charge in [-0.1, -0.05) is 6.07 Å². The molecule has 2 nitrogen and oxygen atoms in total. The Labute approximate surface area is 101 Å². The normalized spacial score (nSPS) is 14.1. The van der Waals surface area contributed by atoms with Gasteiger partial charge in [0.1, 0.15) is 5.75 Å². The third kappa shape index (κ3) is 1.34. The summed E-state index contributed by atoms with van der Waals surface area (Å²) < 4.78 is 0. The van der Waals surface area contributed by atoms with E-state index in [1.807, 2.05) is 12.1 Å². The van der Waals surface area contributed by atoms with Gasteiger partial charge in [-0.25, -0.2) is 0 Å². The SMILES string of the molecule is CC1=C(C)c2cc(c(C)c3cc(O)ccc23)N1. The van der Waals surface area contributed by atoms with E-state index in [4.69, 9.17) is 0 Å². The number of fused-ring (bicyclic) bond motifs is 4. The molecular weight excluding hydrogens is 210 g/mol. The molecule has 0 amide bonds. The zero-order valence-electron chi connectivity index (χ0n) is 10.3. The largest absolute Gasteiger partial charge is 0.508 e. The molecule has 0 atom stereocenters. The molecule has 0 fully saturated rings. The van der Waals surface area contributed by atoms with Crippen LogP contribution < -0.4 is 5.32 Å². The molecule has 2 aromatic carbocycles. The number of hydrogen-bond acceptors (Lipinski definition) is 2. The van der Waals surface area contributed by atoms with Crippen molar-refractivity contribution in [1.82, 2.24) is 0 Å². The number of allylic oxidation sites excluding steroid dienone is 2. The van der Waals surface area contributed by atoms with Crippen molar-refractivity contribution in [2.45, 2.75) is 20.8 Å². The van der Waals surface area contributed by atoms with Gasteiger partial charge in [0.05, 0.1) is 0 Å². The van der Waals surface area contributed by atoms with Crippen molar-refractivity contribution in [3.05, 3.63) is 41.1 Å². The van der Waals surface area contributed by atoms with Gasteiger partial charge in [0.2, 0.25) is 0 Å². The second-order valence-corrected chi connectivity index (χ2v) is 4.70. The van der Waals surface area contributed by atoms with Crippen LogP contribution in [0.25, 0.3) is 16.3 Å². The molecule has 2 N–H and O–H groups in total. The molecule has 0 saturated heterocycles. The van der Waals surface area contributed by atoms with E-state index in [0.717, 1.165) is 11.1 Å². The van der Waals surface area contributed by atoms with Crippen LogP contribution in [-0.4, -0.2) is 5.11 Å². The highest BCUT2D eigenvalue weighted by molar-refractivity contribution is 6.02. The van der Waals surface area contributed by atoms with Crippen molar-refractivity contribution in [1.29, 1.82) is 0 Å². The first-order valence-corrected chi connectivity index (χ1v) is 5.79. The number of rotatable bonds is 0. The van der Waals surface area contributed by atoms with E-state index in [1.165, 1.54) is 27.8 Å². The molecule has 0 aromatic heterocycles. The van der Waals surface area contributed by atoms with Crippen molar-refractivity contribution in [2.24, 2.45) is 0 Å². The van der Waals surface area contributed by atoms with Crippen molar-refractivity contribution in [3.8, 4) is 5.75 Å². The highest BCUT2D eigenvalue weighted by Crippen LogP contribution is 2.39. The molecule has 2 bridgehead atoms. The van der Waals surface area contributed by atoms with E-state index in [0.29, 0.717) is 5.75 Å². The van der Waals surface area contributed by atoms with Crippen LogP contribution in [0.15, 0.2) is 30.0 Å². The molecule has 0 spiro atoms. The van der Waals surface area contributed by atoms with Gasteiger partial charge in [-0.2, -0.15) is 0 Å². The van der Waals surface area contributed by atoms with Gasteiger partial charge in [-0.05, 0) is 66.4 Å². The summed E-state index contributed by atoms with van der Waals surface area (Å²) >= 11 is 0. The van der Waals surface area contributed by atoms with Crippen molar-refractivity contribution < 1.29 is 5.11 Å². The third-order valence-electron chi connectivity index (χ3n) is 3.68. The summed E-state index contributed by atoms with van der Waals surface area (Å²) in [7, 11) is 0. The summed E-state index contributed by atoms with van der Waals surface area (Å²) in [5, 5.41) is 15.4. The molecule has 2 heteroatoms. The van der Waals surface area contributed by atoms with E-state index >= 15 is 0 Å². The number of phenols is 1. The first-order chi connectivity index (χ1) is 8.08. The average Bonchev–Trinajstić information content (AvgIpc) is 2.31. The Hall–Kier alpha value is -1.96. The summed E-state index contributed by atoms with van der Waals surface area (Å²) in [5.41, 5.74) is 6.06. The maximum absolute atomic E-state index is 9.61. The minimum absolute atomic E-state index is 0.322. The molecule has 17 heavy (non-hydrogen) atoms. The molecular formula is C15H15NO. The fourth-order valence-electron chi connectivity index (χ4n) is 2.49. The van der Waals surface area contributed by atoms with E-state index in [-0.39, 0.29) is 0 Å². The molecule has 0 aliphatic carbocycles. The highest BCUT2D eigenvalue weighted by atomic mass is 16.3. The number of benzene rings is 2. The number of hydrogen-bond donors (Lipinski definition) is 2. The topological polar surface area (TPSA) is 32.3 Å². The number of nitrogens with one attached hydrogen (secondary N) is 1. The smallest absolute Gasteiger partial charge is 0.116 e. The lowest BCUT2D eigenvalue weighted by Gasteiger charge is -2.23. The van der Waals surface area contributed by atoms with Gasteiger partial charge in [-0.15, -0.1) is 0 Å². The zero-order valence-corrected chi connectivity index (χ0v) is 10.3. The third-order valence-corrected chi connectivity index (χ3v) is 3.68. The summed E-state index contributed by atoms with van der Waals surface area (Å²) in [5.74, 6) is 0.322. The Morgan fingerprint density at radius 2 is 1.76 bits per heavy atom. The second kappa shape index (κ2) is 3.27. The Morgan fingerprint density at radius 3 is 2.53 bits per heavy atom. The molecule has 1 aliphatic rings. The molecule has 1 heterocycles. The summed E-state index contributed by atoms with van der Waals surface area (Å²) in [4.78, 5) is 0. The van der Waals surface area contributed by atoms with Crippen LogP contribution in [0, 0.1) is 6.92 Å². The number of aromatic hydroxyl groups is 1. The molecule has 0 saturated carbocycles. The molecule has 1 aliphatic heterocycles. The Bertz CT molecular complexity index is 668. The monoisotopic (exact) mass is 225 g/mol. The lowest BCUT2D eigenvalue weighted by atomic mass is 9.91. The number of phenolic OH excluding ortho intramolecular Hbond substituents is 1. The van der Waals surface area contributed by atoms with Crippen LogP contribution in [0.3, 0.4) is 0 Å². The Morgan fingerprint density at radius 1 is 1.00 bits per heavy atom. The van der Waals surface area contributed by atoms with Crippen LogP contribution in [0.1, 0.15) is 25.0 Å². The fraction of sp³-hybridized carbons (Fsp3) is 0.200. The minimum atomic E-state index is 0.322. The van der Waals surface area contributed by atoms with Crippen LogP contribution >= 0.6 is 0 Å². The molecule has 86 valence electrons. The average molecular weight is 225 g/mol. The van der Waals surface area contributed by atoms with Crippen LogP contribution in [0.5, 0.6) is 5.75 Å². The standard InChI is InChI=1S/C15H15NO/c1-8-10(3)16-15-7-14(8)12-5-4-11(17)6-13(12)9(15)2/h4-7,16-17H,1-3H3. The lowest BCUT2D eigenvalue weighted by molar-refractivity contribution is 0.476. The van der Waals surface area contributed by atoms with Gasteiger partial charge in [0.25, 0.3) is 0 Å². The number of anilines is 1. The van der Waals surface area contributed by atoms with E-state index < -0.39 is 0 Å². The summed E-state index contributed by atoms with van der Waals surface area (Å²) in [6.45, 7) is 6.31. The molecule has 3 rings (SSSR count). The fourth-order valence-corrected chi connectivity index (χ4v) is 2.49. The Kier molecular flexibility index (Phi) is 1.96. The van der Waals surface area contributed by atoms with E-state index in [1.54, 1.807) is 6.07 Å². The van der Waals surface area contributed by atoms with Crippen molar-refractivity contribution in [3.63, 3.8) is 0 Å². The first kappa shape index (κ1) is 10.2. The van der Waals surface area contributed by atoms with E-state index in [2.05, 4.69) is 32.2 Å². The first-order valence-electron chi connectivity index (χ1n) is 5.79. The van der Waals surface area contributed by atoms with Gasteiger partial charge in [-0.3, -0.25) is 0 Å². The van der Waals surface area contributed by atoms with Crippen LogP contribution in [0.2, 0.25) is 0 Å². The second-order valence-electron chi connectivity index (χ2n) is 4.70. The highest BCUT2D eigenvalue weighted by Gasteiger charge is 2.16. The van der Waals surface area contributed by atoms with Crippen molar-refractivity contribution in [2.75, 3.05) is 5.32 Å². The van der Waals surface area contributed by atoms with Gasteiger partial charge < -0.3 is 10.4 Å². The van der Waals surface area contributed by atoms with E-state index in [9.17, 15) is 5.11 Å². The Balaban J connectivity index is 2.49. The van der Waals surface area contributed by atoms with Crippen molar-refractivity contribution >= 4 is 22.0 Å². The van der Waals surface area contributed by atoms with Gasteiger partial charge >= 0.3 is 0 Å². The predicted octanol–water partition coefficient (Wildman–Crippen LogP) is 4.03. The maximum atomic E-state index is 9.61. The molecule has 2 aromatic rings. The zero-order chi connectivity index (χ0) is 12.2. The maximum Gasteiger partial charge on any atom is 0.116 e. The predicted molar refractivity (Wildman–Crippen MR) is 72.2 cm³/mol. The van der Waals surface area contributed by atoms with Crippen LogP contribution in [-0.2, 0) is 0 Å². The summed E-state index contributed by atoms with van der Waals surface area (Å²) in [6, 6.07) is 7.78. The number of aryl methyl sites for hydroxylation is 1. The summed E-state index contributed by atoms with van der Waals surface area (Å²) in [6.07, 6.45) is 0.